The van der Waals surface area contributed by atoms with Crippen molar-refractivity contribution in [1.29, 1.82) is 0 Å². The van der Waals surface area contributed by atoms with Gasteiger partial charge >= 0.3 is 5.91 Å². The maximum absolute atomic E-state index is 12.4. The maximum atomic E-state index is 12.4. The Morgan fingerprint density at radius 3 is 2.60 bits per heavy atom. The van der Waals surface area contributed by atoms with Crippen molar-refractivity contribution in [2.45, 2.75) is 26.5 Å². The summed E-state index contributed by atoms with van der Waals surface area (Å²) in [6, 6.07) is 8.93. The molecule has 0 fully saturated rings. The second kappa shape index (κ2) is 6.86. The molecule has 0 bridgehead atoms. The fraction of sp³-hybridized carbons (Fsp3) is 0.294. The van der Waals surface area contributed by atoms with E-state index in [2.05, 4.69) is 15.4 Å². The predicted octanol–water partition coefficient (Wildman–Crippen LogP) is 1.52. The van der Waals surface area contributed by atoms with Crippen molar-refractivity contribution >= 4 is 5.91 Å². The topological polar surface area (TPSA) is 95.1 Å². The van der Waals surface area contributed by atoms with Crippen LogP contribution in [-0.4, -0.2) is 42.9 Å². The van der Waals surface area contributed by atoms with Crippen molar-refractivity contribution < 1.29 is 14.6 Å². The van der Waals surface area contributed by atoms with Crippen molar-refractivity contribution in [3.8, 4) is 5.75 Å². The molecule has 3 rings (SSSR count). The van der Waals surface area contributed by atoms with Crippen LogP contribution in [0.25, 0.3) is 0 Å². The van der Waals surface area contributed by atoms with E-state index in [0.29, 0.717) is 0 Å². The molecule has 0 saturated carbocycles. The van der Waals surface area contributed by atoms with Crippen LogP contribution in [0.3, 0.4) is 0 Å². The molecule has 0 aliphatic heterocycles. The Morgan fingerprint density at radius 1 is 1.28 bits per heavy atom. The third-order valence-corrected chi connectivity index (χ3v) is 3.82. The Kier molecular flexibility index (Phi) is 4.62. The zero-order valence-electron chi connectivity index (χ0n) is 14.2. The molecule has 3 aromatic rings. The van der Waals surface area contributed by atoms with Gasteiger partial charge in [0.2, 0.25) is 0 Å². The predicted molar refractivity (Wildman–Crippen MR) is 89.4 cm³/mol. The normalized spacial score (nSPS) is 12.2. The highest BCUT2D eigenvalue weighted by Crippen LogP contribution is 2.19. The van der Waals surface area contributed by atoms with Crippen LogP contribution in [0.15, 0.2) is 36.5 Å². The van der Waals surface area contributed by atoms with Crippen molar-refractivity contribution in [2.24, 2.45) is 0 Å². The summed E-state index contributed by atoms with van der Waals surface area (Å²) in [5.41, 5.74) is 2.39. The monoisotopic (exact) mass is 341 g/mol. The quantitative estimate of drug-likeness (QED) is 0.756. The molecule has 2 heterocycles. The van der Waals surface area contributed by atoms with Gasteiger partial charge in [0.25, 0.3) is 0 Å². The molecule has 8 nitrogen and oxygen atoms in total. The molecule has 8 heteroatoms. The van der Waals surface area contributed by atoms with Gasteiger partial charge in [0, 0.05) is 5.69 Å². The van der Waals surface area contributed by atoms with E-state index in [4.69, 9.17) is 4.74 Å². The van der Waals surface area contributed by atoms with Gasteiger partial charge in [-0.05, 0) is 37.6 Å². The van der Waals surface area contributed by atoms with Crippen LogP contribution in [0.5, 0.6) is 5.75 Å². The molecule has 1 atom stereocenters. The van der Waals surface area contributed by atoms with Gasteiger partial charge in [-0.15, -0.1) is 5.10 Å². The van der Waals surface area contributed by atoms with E-state index in [9.17, 15) is 9.90 Å². The van der Waals surface area contributed by atoms with Gasteiger partial charge in [-0.25, -0.2) is 4.68 Å². The molecule has 130 valence electrons. The van der Waals surface area contributed by atoms with Gasteiger partial charge in [0.15, 0.2) is 5.69 Å². The number of carbonyl (C=O) groups is 1. The van der Waals surface area contributed by atoms with Crippen LogP contribution >= 0.6 is 0 Å². The molecular weight excluding hydrogens is 322 g/mol. The molecular formula is C17H19N5O3. The van der Waals surface area contributed by atoms with Gasteiger partial charge in [-0.3, -0.25) is 4.79 Å². The minimum Gasteiger partial charge on any atom is -0.497 e. The van der Waals surface area contributed by atoms with Crippen LogP contribution in [0, 0.1) is 13.8 Å². The Balaban J connectivity index is 1.72. The zero-order valence-corrected chi connectivity index (χ0v) is 14.2. The van der Waals surface area contributed by atoms with Crippen molar-refractivity contribution in [3.63, 3.8) is 0 Å². The Hall–Kier alpha value is -3.00. The number of ether oxygens (including phenoxy) is 1. The molecule has 0 saturated heterocycles. The minimum absolute atomic E-state index is 0.174. The fourth-order valence-corrected chi connectivity index (χ4v) is 2.54. The Bertz CT molecular complexity index is 882. The zero-order chi connectivity index (χ0) is 18.0. The summed E-state index contributed by atoms with van der Waals surface area (Å²) in [5.74, 6) is 0.366. The second-order valence-corrected chi connectivity index (χ2v) is 5.76. The minimum atomic E-state index is -0.774. The average molecular weight is 341 g/mol. The SMILES string of the molecule is COc1ccc(C(O)Cn2cc(C(=O)n3nc(C)cc3C)nn2)cc1. The Labute approximate surface area is 144 Å². The molecule has 25 heavy (non-hydrogen) atoms. The highest BCUT2D eigenvalue weighted by molar-refractivity contribution is 5.93. The summed E-state index contributed by atoms with van der Waals surface area (Å²) in [6.07, 6.45) is 0.732. The van der Waals surface area contributed by atoms with Crippen molar-refractivity contribution in [3.05, 3.63) is 59.2 Å². The third kappa shape index (κ3) is 3.58. The number of hydrogen-bond donors (Lipinski definition) is 1. The van der Waals surface area contributed by atoms with Gasteiger partial charge in [0.05, 0.1) is 31.6 Å². The highest BCUT2D eigenvalue weighted by Gasteiger charge is 2.18. The molecule has 0 aliphatic rings. The van der Waals surface area contributed by atoms with E-state index in [1.54, 1.807) is 38.3 Å². The van der Waals surface area contributed by atoms with Crippen molar-refractivity contribution in [1.82, 2.24) is 24.8 Å². The van der Waals surface area contributed by atoms with Gasteiger partial charge in [-0.1, -0.05) is 17.3 Å². The average Bonchev–Trinajstić information content (AvgIpc) is 3.20. The number of methoxy groups -OCH3 is 1. The Morgan fingerprint density at radius 2 is 2.00 bits per heavy atom. The first-order chi connectivity index (χ1) is 12.0. The maximum Gasteiger partial charge on any atom is 0.300 e. The number of aromatic nitrogens is 5. The summed E-state index contributed by atoms with van der Waals surface area (Å²) in [7, 11) is 1.59. The van der Waals surface area contributed by atoms with Crippen LogP contribution in [0.1, 0.15) is 33.5 Å². The van der Waals surface area contributed by atoms with Gasteiger partial charge in [-0.2, -0.15) is 9.78 Å². The molecule has 0 radical (unpaired) electrons. The summed E-state index contributed by atoms with van der Waals surface area (Å²) >= 11 is 0. The lowest BCUT2D eigenvalue weighted by Gasteiger charge is -2.11. The van der Waals surface area contributed by atoms with Crippen molar-refractivity contribution in [2.75, 3.05) is 7.11 Å². The molecule has 0 spiro atoms. The molecule has 1 unspecified atom stereocenters. The molecule has 2 aromatic heterocycles. The number of rotatable bonds is 5. The summed E-state index contributed by atoms with van der Waals surface area (Å²) in [5, 5.41) is 22.3. The molecule has 0 amide bonds. The number of aryl methyl sites for hydroxylation is 2. The lowest BCUT2D eigenvalue weighted by atomic mass is 10.1. The van der Waals surface area contributed by atoms with E-state index in [1.165, 1.54) is 15.6 Å². The largest absolute Gasteiger partial charge is 0.497 e. The van der Waals surface area contributed by atoms with E-state index in [-0.39, 0.29) is 18.1 Å². The first-order valence-electron chi connectivity index (χ1n) is 7.78. The fourth-order valence-electron chi connectivity index (χ4n) is 2.54. The standard InChI is InChI=1S/C17H19N5O3/c1-11-8-12(2)22(19-11)17(24)15-9-21(20-18-15)10-16(23)13-4-6-14(25-3)7-5-13/h4-9,16,23H,10H2,1-3H3. The highest BCUT2D eigenvalue weighted by atomic mass is 16.5. The van der Waals surface area contributed by atoms with E-state index >= 15 is 0 Å². The van der Waals surface area contributed by atoms with E-state index in [1.807, 2.05) is 13.0 Å². The molecule has 1 aromatic carbocycles. The third-order valence-electron chi connectivity index (χ3n) is 3.82. The van der Waals surface area contributed by atoms with E-state index < -0.39 is 6.10 Å². The number of aliphatic hydroxyl groups is 1. The smallest absolute Gasteiger partial charge is 0.300 e. The first-order valence-corrected chi connectivity index (χ1v) is 7.78. The first kappa shape index (κ1) is 16.8. The number of aliphatic hydroxyl groups excluding tert-OH is 1. The summed E-state index contributed by atoms with van der Waals surface area (Å²) < 4.78 is 7.83. The van der Waals surface area contributed by atoms with Crippen LogP contribution < -0.4 is 4.74 Å². The van der Waals surface area contributed by atoms with Crippen LogP contribution in [-0.2, 0) is 6.54 Å². The summed E-state index contributed by atoms with van der Waals surface area (Å²) in [6.45, 7) is 3.80. The number of hydrogen-bond acceptors (Lipinski definition) is 6. The second-order valence-electron chi connectivity index (χ2n) is 5.76. The lowest BCUT2D eigenvalue weighted by Crippen LogP contribution is -2.15. The van der Waals surface area contributed by atoms with E-state index in [0.717, 1.165) is 22.7 Å². The molecule has 0 aliphatic carbocycles. The van der Waals surface area contributed by atoms with Gasteiger partial charge in [0.1, 0.15) is 5.75 Å². The number of carbonyl (C=O) groups excluding carboxylic acids is 1. The number of nitrogens with zero attached hydrogens (tertiary/aromatic N) is 5. The number of benzene rings is 1. The van der Waals surface area contributed by atoms with Crippen LogP contribution in [0.4, 0.5) is 0 Å². The van der Waals surface area contributed by atoms with Crippen LogP contribution in [0.2, 0.25) is 0 Å². The summed E-state index contributed by atoms with van der Waals surface area (Å²) in [4.78, 5) is 12.4. The van der Waals surface area contributed by atoms with Gasteiger partial charge < -0.3 is 9.84 Å². The lowest BCUT2D eigenvalue weighted by molar-refractivity contribution is 0.0937. The molecule has 1 N–H and O–H groups in total.